The molecular formula is C24H23ClN4O2S. The highest BCUT2D eigenvalue weighted by Gasteiger charge is 2.22. The smallest absolute Gasteiger partial charge is 0.249 e. The quantitative estimate of drug-likeness (QED) is 0.363. The number of aromatic nitrogens is 2. The highest BCUT2D eigenvalue weighted by Crippen LogP contribution is 2.25. The zero-order valence-electron chi connectivity index (χ0n) is 17.7. The summed E-state index contributed by atoms with van der Waals surface area (Å²) >= 11 is 7.63. The van der Waals surface area contributed by atoms with Gasteiger partial charge in [-0.25, -0.2) is 4.98 Å². The lowest BCUT2D eigenvalue weighted by Gasteiger charge is -2.16. The maximum atomic E-state index is 13.0. The van der Waals surface area contributed by atoms with Crippen LogP contribution in [0.2, 0.25) is 5.02 Å². The number of carbonyl (C=O) groups is 2. The minimum atomic E-state index is -0.713. The number of para-hydroxylation sites is 1. The van der Waals surface area contributed by atoms with E-state index in [2.05, 4.69) is 20.6 Å². The van der Waals surface area contributed by atoms with E-state index in [1.807, 2.05) is 55.6 Å². The van der Waals surface area contributed by atoms with E-state index in [1.165, 1.54) is 18.3 Å². The van der Waals surface area contributed by atoms with Crippen molar-refractivity contribution < 1.29 is 9.59 Å². The summed E-state index contributed by atoms with van der Waals surface area (Å²) in [5.74, 6) is -0.564. The Morgan fingerprint density at radius 2 is 2.03 bits per heavy atom. The van der Waals surface area contributed by atoms with Crippen molar-refractivity contribution in [2.75, 3.05) is 5.32 Å². The third-order valence-electron chi connectivity index (χ3n) is 5.19. The molecule has 0 bridgehead atoms. The van der Waals surface area contributed by atoms with Crippen LogP contribution >= 0.6 is 22.9 Å². The van der Waals surface area contributed by atoms with Gasteiger partial charge in [0.1, 0.15) is 6.04 Å². The van der Waals surface area contributed by atoms with Crippen molar-refractivity contribution in [2.45, 2.75) is 32.7 Å². The van der Waals surface area contributed by atoms with Gasteiger partial charge in [-0.3, -0.25) is 9.59 Å². The minimum absolute atomic E-state index is 0.263. The fourth-order valence-corrected chi connectivity index (χ4v) is 4.61. The second kappa shape index (κ2) is 9.54. The van der Waals surface area contributed by atoms with E-state index < -0.39 is 6.04 Å². The van der Waals surface area contributed by atoms with Gasteiger partial charge in [0.05, 0.1) is 0 Å². The van der Waals surface area contributed by atoms with Crippen molar-refractivity contribution in [3.05, 3.63) is 81.4 Å². The zero-order valence-corrected chi connectivity index (χ0v) is 19.3. The van der Waals surface area contributed by atoms with E-state index in [9.17, 15) is 9.59 Å². The number of H-pyrrole nitrogens is 1. The molecule has 0 saturated heterocycles. The van der Waals surface area contributed by atoms with Gasteiger partial charge in [-0.2, -0.15) is 0 Å². The first-order valence-corrected chi connectivity index (χ1v) is 11.4. The number of benzene rings is 2. The van der Waals surface area contributed by atoms with Gasteiger partial charge >= 0.3 is 0 Å². The van der Waals surface area contributed by atoms with E-state index in [-0.39, 0.29) is 11.8 Å². The lowest BCUT2D eigenvalue weighted by Crippen LogP contribution is -2.44. The molecule has 1 atom stereocenters. The van der Waals surface area contributed by atoms with Crippen LogP contribution in [0.5, 0.6) is 0 Å². The fourth-order valence-electron chi connectivity index (χ4n) is 3.56. The van der Waals surface area contributed by atoms with Crippen molar-refractivity contribution in [1.29, 1.82) is 0 Å². The molecule has 0 aliphatic carbocycles. The standard InChI is InChI=1S/C24H23ClN4O2S/c1-14-7-8-16(10-20(14)25)9-18-13-27-24(32-18)29-23(31)22(28-15(2)30)11-17-12-26-21-6-4-3-5-19(17)21/h3-8,10,12-13,22,26H,9,11H2,1-2H3,(H,28,30)(H,27,29,31). The molecule has 8 heteroatoms. The molecule has 0 fully saturated rings. The van der Waals surface area contributed by atoms with Crippen LogP contribution in [0.3, 0.4) is 0 Å². The van der Waals surface area contributed by atoms with Crippen molar-refractivity contribution in [3.63, 3.8) is 0 Å². The van der Waals surface area contributed by atoms with E-state index in [4.69, 9.17) is 11.6 Å². The molecule has 1 unspecified atom stereocenters. The summed E-state index contributed by atoms with van der Waals surface area (Å²) in [5, 5.41) is 7.87. The summed E-state index contributed by atoms with van der Waals surface area (Å²) in [6.07, 6.45) is 4.68. The first-order valence-electron chi connectivity index (χ1n) is 10.2. The van der Waals surface area contributed by atoms with Crippen LogP contribution in [-0.4, -0.2) is 27.8 Å². The Bertz CT molecular complexity index is 1280. The Labute approximate surface area is 195 Å². The van der Waals surface area contributed by atoms with Crippen LogP contribution in [0.4, 0.5) is 5.13 Å². The number of anilines is 1. The van der Waals surface area contributed by atoms with Gasteiger partial charge in [0.2, 0.25) is 11.8 Å². The number of nitrogens with one attached hydrogen (secondary N) is 3. The molecule has 164 valence electrons. The normalized spacial score (nSPS) is 12.0. The van der Waals surface area contributed by atoms with E-state index in [1.54, 1.807) is 6.20 Å². The van der Waals surface area contributed by atoms with Crippen LogP contribution in [0.1, 0.15) is 28.5 Å². The van der Waals surface area contributed by atoms with E-state index in [0.717, 1.165) is 37.5 Å². The Morgan fingerprint density at radius 1 is 1.22 bits per heavy atom. The molecule has 3 N–H and O–H groups in total. The lowest BCUT2D eigenvalue weighted by atomic mass is 10.0. The largest absolute Gasteiger partial charge is 0.361 e. The van der Waals surface area contributed by atoms with E-state index >= 15 is 0 Å². The molecule has 0 aliphatic heterocycles. The summed E-state index contributed by atoms with van der Waals surface area (Å²) < 4.78 is 0. The van der Waals surface area contributed by atoms with Gasteiger partial charge < -0.3 is 15.6 Å². The van der Waals surface area contributed by atoms with Crippen LogP contribution < -0.4 is 10.6 Å². The average molecular weight is 467 g/mol. The zero-order chi connectivity index (χ0) is 22.7. The summed E-state index contributed by atoms with van der Waals surface area (Å²) in [4.78, 5) is 33.3. The molecule has 2 aromatic heterocycles. The van der Waals surface area contributed by atoms with Crippen molar-refractivity contribution in [3.8, 4) is 0 Å². The Morgan fingerprint density at radius 3 is 2.81 bits per heavy atom. The van der Waals surface area contributed by atoms with Crippen molar-refractivity contribution >= 4 is 50.8 Å². The Hall–Kier alpha value is -3.16. The summed E-state index contributed by atoms with van der Waals surface area (Å²) in [7, 11) is 0. The molecule has 0 radical (unpaired) electrons. The minimum Gasteiger partial charge on any atom is -0.361 e. The number of fused-ring (bicyclic) bond motifs is 1. The van der Waals surface area contributed by atoms with Crippen molar-refractivity contribution in [1.82, 2.24) is 15.3 Å². The Balaban J connectivity index is 1.46. The number of thiazole rings is 1. The van der Waals surface area contributed by atoms with Gasteiger partial charge in [-0.1, -0.05) is 41.9 Å². The fraction of sp³-hybridized carbons (Fsp3) is 0.208. The van der Waals surface area contributed by atoms with Gasteiger partial charge in [0.15, 0.2) is 5.13 Å². The van der Waals surface area contributed by atoms with E-state index in [0.29, 0.717) is 18.0 Å². The molecule has 2 amide bonds. The molecule has 6 nitrogen and oxygen atoms in total. The highest BCUT2D eigenvalue weighted by atomic mass is 35.5. The molecule has 32 heavy (non-hydrogen) atoms. The van der Waals surface area contributed by atoms with Crippen LogP contribution in [0, 0.1) is 6.92 Å². The number of aromatic amines is 1. The monoisotopic (exact) mass is 466 g/mol. The number of nitrogens with zero attached hydrogens (tertiary/aromatic N) is 1. The SMILES string of the molecule is CC(=O)NC(Cc1c[nH]c2ccccc12)C(=O)Nc1ncc(Cc2ccc(C)c(Cl)c2)s1. The average Bonchev–Trinajstić information content (AvgIpc) is 3.37. The lowest BCUT2D eigenvalue weighted by molar-refractivity contribution is -0.125. The molecule has 0 aliphatic rings. The first kappa shape index (κ1) is 22.0. The van der Waals surface area contributed by atoms with Gasteiger partial charge in [0, 0.05) is 53.0 Å². The molecule has 4 aromatic rings. The predicted octanol–water partition coefficient (Wildman–Crippen LogP) is 4.86. The molecule has 0 spiro atoms. The second-order valence-electron chi connectivity index (χ2n) is 7.70. The molecule has 2 aromatic carbocycles. The number of carbonyl (C=O) groups excluding carboxylic acids is 2. The van der Waals surface area contributed by atoms with Crippen molar-refractivity contribution in [2.24, 2.45) is 0 Å². The maximum Gasteiger partial charge on any atom is 0.249 e. The number of amides is 2. The third-order valence-corrected chi connectivity index (χ3v) is 6.51. The molecule has 0 saturated carbocycles. The molecule has 2 heterocycles. The van der Waals surface area contributed by atoms with Gasteiger partial charge in [-0.05, 0) is 35.7 Å². The predicted molar refractivity (Wildman–Crippen MR) is 129 cm³/mol. The van der Waals surface area contributed by atoms with Crippen LogP contribution in [-0.2, 0) is 22.4 Å². The highest BCUT2D eigenvalue weighted by molar-refractivity contribution is 7.15. The van der Waals surface area contributed by atoms with Crippen LogP contribution in [0.15, 0.2) is 54.9 Å². The summed E-state index contributed by atoms with van der Waals surface area (Å²) in [5.41, 5.74) is 4.07. The van der Waals surface area contributed by atoms with Gasteiger partial charge in [0.25, 0.3) is 0 Å². The second-order valence-corrected chi connectivity index (χ2v) is 9.22. The topological polar surface area (TPSA) is 86.9 Å². The summed E-state index contributed by atoms with van der Waals surface area (Å²) in [6, 6.07) is 13.1. The van der Waals surface area contributed by atoms with Gasteiger partial charge in [-0.15, -0.1) is 11.3 Å². The maximum absolute atomic E-state index is 13.0. The third kappa shape index (κ3) is 5.18. The van der Waals surface area contributed by atoms with Crippen LogP contribution in [0.25, 0.3) is 10.9 Å². The number of hydrogen-bond donors (Lipinski definition) is 3. The number of aryl methyl sites for hydroxylation is 1. The first-order chi connectivity index (χ1) is 15.4. The number of rotatable bonds is 7. The molecular weight excluding hydrogens is 444 g/mol. The number of halogens is 1. The Kier molecular flexibility index (Phi) is 6.58. The number of hydrogen-bond acceptors (Lipinski definition) is 4. The summed E-state index contributed by atoms with van der Waals surface area (Å²) in [6.45, 7) is 3.37. The molecule has 4 rings (SSSR count).